The zero-order chi connectivity index (χ0) is 23.1. The van der Waals surface area contributed by atoms with Crippen LogP contribution in [0.25, 0.3) is 10.4 Å². The second-order valence-electron chi connectivity index (χ2n) is 8.28. The largest absolute Gasteiger partial charge is 0.453 e. The van der Waals surface area contributed by atoms with E-state index in [4.69, 9.17) is 9.57 Å². The van der Waals surface area contributed by atoms with E-state index in [1.165, 1.54) is 18.4 Å². The number of carbonyl (C=O) groups is 2. The van der Waals surface area contributed by atoms with Crippen molar-refractivity contribution >= 4 is 40.8 Å². The van der Waals surface area contributed by atoms with Crippen LogP contribution in [-0.4, -0.2) is 37.8 Å². The smallest absolute Gasteiger partial charge is 0.411 e. The molecule has 3 heterocycles. The number of benzene rings is 1. The average molecular weight is 491 g/mol. The van der Waals surface area contributed by atoms with Gasteiger partial charge < -0.3 is 9.47 Å². The molecule has 7 nitrogen and oxygen atoms in total. The van der Waals surface area contributed by atoms with Crippen LogP contribution in [0.3, 0.4) is 0 Å². The zero-order valence-electron chi connectivity index (χ0n) is 18.8. The molecule has 2 aromatic rings. The van der Waals surface area contributed by atoms with E-state index in [-0.39, 0.29) is 16.9 Å². The van der Waals surface area contributed by atoms with E-state index in [1.54, 1.807) is 11.3 Å². The number of thioether (sulfide) groups is 1. The summed E-state index contributed by atoms with van der Waals surface area (Å²) in [4.78, 5) is 32.2. The van der Waals surface area contributed by atoms with E-state index in [9.17, 15) is 9.59 Å². The molecule has 2 saturated heterocycles. The van der Waals surface area contributed by atoms with Gasteiger partial charge in [-0.05, 0) is 61.3 Å². The van der Waals surface area contributed by atoms with Gasteiger partial charge in [0.25, 0.3) is 0 Å². The molecule has 2 fully saturated rings. The monoisotopic (exact) mass is 490 g/mol. The molecule has 0 bridgehead atoms. The molecule has 1 aromatic carbocycles. The molecule has 0 saturated carbocycles. The molecule has 0 aliphatic carbocycles. The summed E-state index contributed by atoms with van der Waals surface area (Å²) in [5, 5.41) is 2.71. The van der Waals surface area contributed by atoms with E-state index in [0.29, 0.717) is 18.7 Å². The molecule has 0 radical (unpaired) electrons. The maximum atomic E-state index is 12.8. The summed E-state index contributed by atoms with van der Waals surface area (Å²) < 4.78 is 9.97. The zero-order valence-corrected chi connectivity index (χ0v) is 20.4. The van der Waals surface area contributed by atoms with Crippen molar-refractivity contribution in [1.82, 2.24) is 5.48 Å². The Kier molecular flexibility index (Phi) is 8.29. The quantitative estimate of drug-likeness (QED) is 0.487. The van der Waals surface area contributed by atoms with Gasteiger partial charge in [0, 0.05) is 34.9 Å². The molecule has 178 valence electrons. The molecule has 2 aliphatic rings. The molecule has 1 unspecified atom stereocenters. The lowest BCUT2D eigenvalue weighted by Gasteiger charge is -2.35. The fourth-order valence-electron chi connectivity index (χ4n) is 4.16. The Labute approximate surface area is 202 Å². The number of amides is 2. The van der Waals surface area contributed by atoms with Gasteiger partial charge in [0.2, 0.25) is 5.91 Å². The van der Waals surface area contributed by atoms with Crippen LogP contribution in [0.5, 0.6) is 0 Å². The van der Waals surface area contributed by atoms with Crippen molar-refractivity contribution < 1.29 is 23.9 Å². The van der Waals surface area contributed by atoms with Gasteiger partial charge in [-0.3, -0.25) is 10.1 Å². The van der Waals surface area contributed by atoms with Crippen LogP contribution in [-0.2, 0) is 23.9 Å². The number of rotatable bonds is 7. The highest BCUT2D eigenvalue weighted by Gasteiger charge is 2.38. The Morgan fingerprint density at radius 2 is 2.09 bits per heavy atom. The predicted octanol–water partition coefficient (Wildman–Crippen LogP) is 5.67. The van der Waals surface area contributed by atoms with Crippen molar-refractivity contribution in [1.29, 1.82) is 0 Å². The van der Waals surface area contributed by atoms with Gasteiger partial charge in [-0.2, -0.15) is 0 Å². The second-order valence-corrected chi connectivity index (χ2v) is 10.8. The number of hydrogen-bond donors (Lipinski definition) is 2. The fourth-order valence-corrected chi connectivity index (χ4v) is 7.05. The van der Waals surface area contributed by atoms with Crippen molar-refractivity contribution in [3.8, 4) is 10.4 Å². The lowest BCUT2D eigenvalue weighted by Crippen LogP contribution is -2.37. The first-order valence-electron chi connectivity index (χ1n) is 11.3. The van der Waals surface area contributed by atoms with E-state index in [1.807, 2.05) is 36.0 Å². The van der Waals surface area contributed by atoms with E-state index >= 15 is 0 Å². The van der Waals surface area contributed by atoms with E-state index < -0.39 is 6.09 Å². The predicted molar refractivity (Wildman–Crippen MR) is 131 cm³/mol. The summed E-state index contributed by atoms with van der Waals surface area (Å²) in [6, 6.07) is 11.9. The highest BCUT2D eigenvalue weighted by Crippen LogP contribution is 2.51. The average Bonchev–Trinajstić information content (AvgIpc) is 3.35. The van der Waals surface area contributed by atoms with E-state index in [0.717, 1.165) is 48.3 Å². The first-order valence-corrected chi connectivity index (χ1v) is 13.1. The minimum Gasteiger partial charge on any atom is -0.453 e. The SMILES string of the molecule is COC(=O)Nc1cccc(-c2ccc([C@@]3(CC(=O)NOC4CCCCO4)CCCCS3)s2)c1. The number of carbonyl (C=O) groups excluding carboxylic acids is 2. The van der Waals surface area contributed by atoms with Gasteiger partial charge in [0.05, 0.1) is 11.9 Å². The van der Waals surface area contributed by atoms with Gasteiger partial charge in [0.1, 0.15) is 0 Å². The number of thiophene rings is 1. The van der Waals surface area contributed by atoms with Gasteiger partial charge >= 0.3 is 6.09 Å². The van der Waals surface area contributed by atoms with Crippen LogP contribution < -0.4 is 10.8 Å². The Morgan fingerprint density at radius 3 is 2.85 bits per heavy atom. The maximum absolute atomic E-state index is 12.8. The minimum absolute atomic E-state index is 0.113. The number of ether oxygens (including phenoxy) is 2. The van der Waals surface area contributed by atoms with Crippen LogP contribution in [0, 0.1) is 0 Å². The molecular formula is C24H30N2O5S2. The summed E-state index contributed by atoms with van der Waals surface area (Å²) in [5.41, 5.74) is 4.33. The molecule has 2 atom stereocenters. The third-order valence-corrected chi connectivity index (χ3v) is 8.96. The van der Waals surface area contributed by atoms with Crippen LogP contribution in [0.1, 0.15) is 49.8 Å². The first kappa shape index (κ1) is 24.1. The van der Waals surface area contributed by atoms with Crippen LogP contribution >= 0.6 is 23.1 Å². The van der Waals surface area contributed by atoms with E-state index in [2.05, 4.69) is 27.7 Å². The van der Waals surface area contributed by atoms with Crippen LogP contribution in [0.4, 0.5) is 10.5 Å². The summed E-state index contributed by atoms with van der Waals surface area (Å²) in [5.74, 6) is 0.920. The third-order valence-electron chi connectivity index (χ3n) is 5.88. The summed E-state index contributed by atoms with van der Waals surface area (Å²) >= 11 is 3.57. The first-order chi connectivity index (χ1) is 16.1. The minimum atomic E-state index is -0.497. The van der Waals surface area contributed by atoms with Crippen molar-refractivity contribution in [2.75, 3.05) is 24.8 Å². The number of hydrogen-bond acceptors (Lipinski definition) is 7. The molecule has 4 rings (SSSR count). The molecular weight excluding hydrogens is 460 g/mol. The maximum Gasteiger partial charge on any atom is 0.411 e. The molecule has 0 spiro atoms. The van der Waals surface area contributed by atoms with Gasteiger partial charge in [-0.1, -0.05) is 18.6 Å². The molecule has 2 aliphatic heterocycles. The third kappa shape index (κ3) is 6.29. The Morgan fingerprint density at radius 1 is 1.18 bits per heavy atom. The van der Waals surface area contributed by atoms with Gasteiger partial charge in [0.15, 0.2) is 6.29 Å². The highest BCUT2D eigenvalue weighted by molar-refractivity contribution is 8.00. The van der Waals surface area contributed by atoms with Crippen molar-refractivity contribution in [3.63, 3.8) is 0 Å². The van der Waals surface area contributed by atoms with Crippen LogP contribution in [0.2, 0.25) is 0 Å². The number of anilines is 1. The summed E-state index contributed by atoms with van der Waals surface area (Å²) in [6.07, 6.45) is 5.63. The van der Waals surface area contributed by atoms with Gasteiger partial charge in [-0.25, -0.2) is 15.1 Å². The van der Waals surface area contributed by atoms with Crippen molar-refractivity contribution in [3.05, 3.63) is 41.3 Å². The fraction of sp³-hybridized carbons (Fsp3) is 0.500. The number of nitrogens with one attached hydrogen (secondary N) is 2. The Bertz CT molecular complexity index is 952. The second kappa shape index (κ2) is 11.4. The van der Waals surface area contributed by atoms with Crippen molar-refractivity contribution in [2.45, 2.75) is 56.0 Å². The number of methoxy groups -OCH3 is 1. The summed E-state index contributed by atoms with van der Waals surface area (Å²) in [7, 11) is 1.34. The lowest BCUT2D eigenvalue weighted by molar-refractivity contribution is -0.200. The standard InChI is InChI=1S/C24H30N2O5S2/c1-29-23(28)25-18-8-6-7-17(15-18)19-10-11-20(33-19)24(12-3-5-14-32-24)16-21(27)26-31-22-9-2-4-13-30-22/h6-8,10-11,15,22H,2-5,9,12-14,16H2,1H3,(H,25,28)(H,26,27)/t22?,24-/m0/s1. The lowest BCUT2D eigenvalue weighted by atomic mass is 9.94. The molecule has 2 N–H and O–H groups in total. The number of hydroxylamine groups is 1. The topological polar surface area (TPSA) is 85.9 Å². The molecule has 1 aromatic heterocycles. The van der Waals surface area contributed by atoms with Gasteiger partial charge in [-0.15, -0.1) is 23.1 Å². The molecule has 9 heteroatoms. The molecule has 33 heavy (non-hydrogen) atoms. The normalized spacial score (nSPS) is 23.0. The van der Waals surface area contributed by atoms with Crippen LogP contribution in [0.15, 0.2) is 36.4 Å². The van der Waals surface area contributed by atoms with Crippen molar-refractivity contribution in [2.24, 2.45) is 0 Å². The highest BCUT2D eigenvalue weighted by atomic mass is 32.2. The Balaban J connectivity index is 1.47. The Hall–Kier alpha value is -2.07. The molecule has 2 amide bonds. The summed E-state index contributed by atoms with van der Waals surface area (Å²) in [6.45, 7) is 0.675.